The molecule has 1 aromatic carbocycles. The van der Waals surface area contributed by atoms with E-state index in [0.29, 0.717) is 17.4 Å². The van der Waals surface area contributed by atoms with E-state index in [9.17, 15) is 5.11 Å². The molecule has 4 heteroatoms. The number of aliphatic hydroxyl groups is 1. The van der Waals surface area contributed by atoms with Crippen molar-refractivity contribution in [1.29, 1.82) is 0 Å². The van der Waals surface area contributed by atoms with Crippen molar-refractivity contribution in [3.05, 3.63) is 18.2 Å². The van der Waals surface area contributed by atoms with Crippen LogP contribution in [0.4, 0.5) is 11.4 Å². The number of nitrogens with one attached hydrogen (secondary N) is 1. The summed E-state index contributed by atoms with van der Waals surface area (Å²) in [5, 5.41) is 13.4. The normalized spacial score (nSPS) is 22.8. The molecule has 1 aromatic rings. The maximum absolute atomic E-state index is 9.99. The molecule has 2 rings (SSSR count). The van der Waals surface area contributed by atoms with E-state index >= 15 is 0 Å². The number of para-hydroxylation sites is 1. The molecule has 1 aliphatic carbocycles. The molecule has 0 aromatic heterocycles. The third-order valence-electron chi connectivity index (χ3n) is 3.85. The first kappa shape index (κ1) is 15.0. The zero-order valence-corrected chi connectivity index (χ0v) is 12.4. The van der Waals surface area contributed by atoms with E-state index in [4.69, 9.17) is 10.5 Å². The SMILES string of the molecule is CC(C)Oc1cccc(NCC2CCCCC2O)c1N. The fourth-order valence-electron chi connectivity index (χ4n) is 2.72. The summed E-state index contributed by atoms with van der Waals surface area (Å²) in [5.74, 6) is 1.03. The van der Waals surface area contributed by atoms with Crippen molar-refractivity contribution < 1.29 is 9.84 Å². The second-order valence-electron chi connectivity index (χ2n) is 5.88. The van der Waals surface area contributed by atoms with E-state index < -0.39 is 0 Å². The van der Waals surface area contributed by atoms with Gasteiger partial charge in [0.1, 0.15) is 5.75 Å². The number of benzene rings is 1. The third-order valence-corrected chi connectivity index (χ3v) is 3.85. The molecule has 0 aliphatic heterocycles. The van der Waals surface area contributed by atoms with Crippen LogP contribution in [-0.4, -0.2) is 23.9 Å². The van der Waals surface area contributed by atoms with Crippen molar-refractivity contribution in [2.45, 2.75) is 51.7 Å². The molecule has 0 heterocycles. The summed E-state index contributed by atoms with van der Waals surface area (Å²) in [6.45, 7) is 4.73. The maximum Gasteiger partial charge on any atom is 0.144 e. The molecule has 2 atom stereocenters. The van der Waals surface area contributed by atoms with Crippen LogP contribution in [0.1, 0.15) is 39.5 Å². The van der Waals surface area contributed by atoms with Crippen LogP contribution in [0.5, 0.6) is 5.75 Å². The fraction of sp³-hybridized carbons (Fsp3) is 0.625. The lowest BCUT2D eigenvalue weighted by molar-refractivity contribution is 0.0763. The number of nitrogens with two attached hydrogens (primary N) is 1. The molecular formula is C16H26N2O2. The predicted molar refractivity (Wildman–Crippen MR) is 83.1 cm³/mol. The van der Waals surface area contributed by atoms with Gasteiger partial charge in [0.05, 0.1) is 23.6 Å². The van der Waals surface area contributed by atoms with E-state index in [1.165, 1.54) is 6.42 Å². The Labute approximate surface area is 121 Å². The highest BCUT2D eigenvalue weighted by molar-refractivity contribution is 5.72. The minimum absolute atomic E-state index is 0.104. The Balaban J connectivity index is 1.98. The lowest BCUT2D eigenvalue weighted by Crippen LogP contribution is -2.30. The molecule has 0 amide bonds. The Morgan fingerprint density at radius 1 is 1.35 bits per heavy atom. The van der Waals surface area contributed by atoms with Crippen LogP contribution >= 0.6 is 0 Å². The van der Waals surface area contributed by atoms with Gasteiger partial charge in [0.15, 0.2) is 0 Å². The molecule has 1 aliphatic rings. The molecule has 0 radical (unpaired) electrons. The van der Waals surface area contributed by atoms with Gasteiger partial charge in [-0.1, -0.05) is 18.9 Å². The van der Waals surface area contributed by atoms with Crippen molar-refractivity contribution in [3.63, 3.8) is 0 Å². The van der Waals surface area contributed by atoms with E-state index in [-0.39, 0.29) is 12.2 Å². The Kier molecular flexibility index (Phi) is 5.12. The van der Waals surface area contributed by atoms with Crippen molar-refractivity contribution in [2.24, 2.45) is 5.92 Å². The summed E-state index contributed by atoms with van der Waals surface area (Å²) < 4.78 is 5.68. The number of anilines is 2. The van der Waals surface area contributed by atoms with Gasteiger partial charge in [-0.2, -0.15) is 0 Å². The number of aliphatic hydroxyl groups excluding tert-OH is 1. The second-order valence-corrected chi connectivity index (χ2v) is 5.88. The van der Waals surface area contributed by atoms with Crippen LogP contribution in [-0.2, 0) is 0 Å². The number of hydrogen-bond donors (Lipinski definition) is 3. The van der Waals surface area contributed by atoms with Crippen molar-refractivity contribution >= 4 is 11.4 Å². The average Bonchev–Trinajstić information content (AvgIpc) is 2.41. The van der Waals surface area contributed by atoms with Crippen molar-refractivity contribution in [1.82, 2.24) is 0 Å². The highest BCUT2D eigenvalue weighted by Crippen LogP contribution is 2.31. The smallest absolute Gasteiger partial charge is 0.144 e. The Morgan fingerprint density at radius 2 is 2.10 bits per heavy atom. The molecule has 20 heavy (non-hydrogen) atoms. The van der Waals surface area contributed by atoms with E-state index in [1.54, 1.807) is 0 Å². The Hall–Kier alpha value is -1.42. The van der Waals surface area contributed by atoms with Gasteiger partial charge in [0, 0.05) is 12.5 Å². The van der Waals surface area contributed by atoms with Crippen LogP contribution in [0, 0.1) is 5.92 Å². The van der Waals surface area contributed by atoms with Crippen LogP contribution in [0.15, 0.2) is 18.2 Å². The van der Waals surface area contributed by atoms with E-state index in [0.717, 1.165) is 31.5 Å². The van der Waals surface area contributed by atoms with Gasteiger partial charge in [-0.25, -0.2) is 0 Å². The third kappa shape index (κ3) is 3.79. The van der Waals surface area contributed by atoms with Crippen LogP contribution in [0.25, 0.3) is 0 Å². The zero-order chi connectivity index (χ0) is 14.5. The second kappa shape index (κ2) is 6.84. The van der Waals surface area contributed by atoms with Crippen LogP contribution in [0.3, 0.4) is 0 Å². The van der Waals surface area contributed by atoms with Crippen molar-refractivity contribution in [3.8, 4) is 5.75 Å². The molecule has 1 saturated carbocycles. The zero-order valence-electron chi connectivity index (χ0n) is 12.4. The van der Waals surface area contributed by atoms with Crippen LogP contribution < -0.4 is 15.8 Å². The van der Waals surface area contributed by atoms with Crippen molar-refractivity contribution in [2.75, 3.05) is 17.6 Å². The quantitative estimate of drug-likeness (QED) is 0.724. The van der Waals surface area contributed by atoms with Gasteiger partial charge in [-0.05, 0) is 38.8 Å². The minimum atomic E-state index is -0.187. The summed E-state index contributed by atoms with van der Waals surface area (Å²) in [5.41, 5.74) is 7.67. The largest absolute Gasteiger partial charge is 0.489 e. The highest BCUT2D eigenvalue weighted by atomic mass is 16.5. The summed E-state index contributed by atoms with van der Waals surface area (Å²) in [6, 6.07) is 5.78. The summed E-state index contributed by atoms with van der Waals surface area (Å²) >= 11 is 0. The summed E-state index contributed by atoms with van der Waals surface area (Å²) in [4.78, 5) is 0. The van der Waals surface area contributed by atoms with Gasteiger partial charge in [-0.3, -0.25) is 0 Å². The summed E-state index contributed by atoms with van der Waals surface area (Å²) in [7, 11) is 0. The Bertz CT molecular complexity index is 434. The molecule has 0 spiro atoms. The highest BCUT2D eigenvalue weighted by Gasteiger charge is 2.22. The molecule has 0 bridgehead atoms. The molecule has 0 saturated heterocycles. The first-order valence-electron chi connectivity index (χ1n) is 7.55. The maximum atomic E-state index is 9.99. The van der Waals surface area contributed by atoms with Crippen LogP contribution in [0.2, 0.25) is 0 Å². The standard InChI is InChI=1S/C16H26N2O2/c1-11(2)20-15-9-5-7-13(16(15)17)18-10-12-6-3-4-8-14(12)19/h5,7,9,11-12,14,18-19H,3-4,6,8,10,17H2,1-2H3. The summed E-state index contributed by atoms with van der Waals surface area (Å²) in [6.07, 6.45) is 4.25. The Morgan fingerprint density at radius 3 is 2.80 bits per heavy atom. The lowest BCUT2D eigenvalue weighted by Gasteiger charge is -2.28. The number of rotatable bonds is 5. The molecule has 4 N–H and O–H groups in total. The lowest BCUT2D eigenvalue weighted by atomic mass is 9.86. The predicted octanol–water partition coefficient (Wildman–Crippen LogP) is 3.02. The van der Waals surface area contributed by atoms with Gasteiger partial charge < -0.3 is 20.9 Å². The van der Waals surface area contributed by atoms with Gasteiger partial charge in [0.25, 0.3) is 0 Å². The monoisotopic (exact) mass is 278 g/mol. The molecule has 1 fully saturated rings. The number of nitrogen functional groups attached to an aromatic ring is 1. The molecule has 112 valence electrons. The van der Waals surface area contributed by atoms with E-state index in [2.05, 4.69) is 5.32 Å². The molecule has 2 unspecified atom stereocenters. The fourth-order valence-corrected chi connectivity index (χ4v) is 2.72. The van der Waals surface area contributed by atoms with Gasteiger partial charge in [-0.15, -0.1) is 0 Å². The molecule has 4 nitrogen and oxygen atoms in total. The van der Waals surface area contributed by atoms with Gasteiger partial charge >= 0.3 is 0 Å². The topological polar surface area (TPSA) is 67.5 Å². The van der Waals surface area contributed by atoms with E-state index in [1.807, 2.05) is 32.0 Å². The number of hydrogen-bond acceptors (Lipinski definition) is 4. The first-order chi connectivity index (χ1) is 9.58. The minimum Gasteiger partial charge on any atom is -0.489 e. The van der Waals surface area contributed by atoms with Gasteiger partial charge in [0.2, 0.25) is 0 Å². The molecular weight excluding hydrogens is 252 g/mol. The number of ether oxygens (including phenoxy) is 1. The first-order valence-corrected chi connectivity index (χ1v) is 7.55. The average molecular weight is 278 g/mol.